The summed E-state index contributed by atoms with van der Waals surface area (Å²) in [5.41, 5.74) is 3.10. The third kappa shape index (κ3) is 4.85. The molecule has 0 saturated carbocycles. The molecule has 0 aliphatic heterocycles. The molecule has 2 N–H and O–H groups in total. The Bertz CT molecular complexity index is 936. The normalized spacial score (nSPS) is 11.4. The van der Waals surface area contributed by atoms with Crippen LogP contribution in [0.5, 0.6) is 5.75 Å². The first-order valence-electron chi connectivity index (χ1n) is 8.64. The van der Waals surface area contributed by atoms with Gasteiger partial charge >= 0.3 is 12.3 Å². The molecule has 0 radical (unpaired) electrons. The molecule has 0 fully saturated rings. The number of nitrogens with zero attached hydrogens (tertiary/aromatic N) is 1. The molecule has 0 spiro atoms. The van der Waals surface area contributed by atoms with Crippen molar-refractivity contribution in [2.75, 3.05) is 12.5 Å². The summed E-state index contributed by atoms with van der Waals surface area (Å²) in [4.78, 5) is 23.3. The average molecular weight is 398 g/mol. The third-order valence-electron chi connectivity index (χ3n) is 4.23. The SMILES string of the molecule is CCCCc1cc(C)c(-c2cc(=O)c(C(=O)O)cn2NC)cc1OC(F)(F)F. The molecule has 152 valence electrons. The zero-order chi connectivity index (χ0) is 21.1. The number of pyridine rings is 1. The number of carboxylic acids is 1. The van der Waals surface area contributed by atoms with E-state index in [0.29, 0.717) is 29.5 Å². The van der Waals surface area contributed by atoms with Crippen LogP contribution in [0.1, 0.15) is 41.3 Å². The Morgan fingerprint density at radius 3 is 2.50 bits per heavy atom. The standard InChI is InChI=1S/C19H21F3N2O4/c1-4-5-6-12-7-11(2)13(8-17(12)28-19(20,21)22)15-9-16(25)14(18(26)27)10-24(15)23-3/h7-10,23H,4-6H2,1-3H3,(H,26,27). The highest BCUT2D eigenvalue weighted by Crippen LogP contribution is 2.34. The van der Waals surface area contributed by atoms with E-state index in [0.717, 1.165) is 18.7 Å². The van der Waals surface area contributed by atoms with Crippen molar-refractivity contribution < 1.29 is 27.8 Å². The first-order chi connectivity index (χ1) is 13.1. The van der Waals surface area contributed by atoms with Crippen molar-refractivity contribution in [2.24, 2.45) is 0 Å². The number of rotatable bonds is 7. The van der Waals surface area contributed by atoms with Gasteiger partial charge in [-0.2, -0.15) is 0 Å². The number of carbonyl (C=O) groups is 1. The summed E-state index contributed by atoms with van der Waals surface area (Å²) in [6.45, 7) is 3.64. The van der Waals surface area contributed by atoms with Gasteiger partial charge in [0.2, 0.25) is 0 Å². The lowest BCUT2D eigenvalue weighted by molar-refractivity contribution is -0.274. The monoisotopic (exact) mass is 398 g/mol. The van der Waals surface area contributed by atoms with E-state index in [-0.39, 0.29) is 11.4 Å². The zero-order valence-electron chi connectivity index (χ0n) is 15.7. The van der Waals surface area contributed by atoms with Crippen LogP contribution in [0.25, 0.3) is 11.3 Å². The van der Waals surface area contributed by atoms with Gasteiger partial charge in [-0.15, -0.1) is 13.2 Å². The molecule has 0 bridgehead atoms. The molecular weight excluding hydrogens is 377 g/mol. The van der Waals surface area contributed by atoms with Gasteiger partial charge in [0.1, 0.15) is 11.3 Å². The number of alkyl halides is 3. The van der Waals surface area contributed by atoms with Gasteiger partial charge < -0.3 is 15.3 Å². The number of aryl methyl sites for hydroxylation is 2. The molecule has 0 unspecified atom stereocenters. The van der Waals surface area contributed by atoms with Crippen LogP contribution < -0.4 is 15.6 Å². The second-order valence-corrected chi connectivity index (χ2v) is 6.26. The minimum atomic E-state index is -4.86. The van der Waals surface area contributed by atoms with Gasteiger partial charge in [0, 0.05) is 24.9 Å². The van der Waals surface area contributed by atoms with Crippen LogP contribution in [0, 0.1) is 6.92 Å². The third-order valence-corrected chi connectivity index (χ3v) is 4.23. The smallest absolute Gasteiger partial charge is 0.477 e. The van der Waals surface area contributed by atoms with Gasteiger partial charge in [0.15, 0.2) is 5.43 Å². The van der Waals surface area contributed by atoms with E-state index < -0.39 is 23.3 Å². The molecule has 0 amide bonds. The number of halogens is 3. The van der Waals surface area contributed by atoms with E-state index in [1.54, 1.807) is 13.0 Å². The molecule has 1 heterocycles. The zero-order valence-corrected chi connectivity index (χ0v) is 15.7. The van der Waals surface area contributed by atoms with Crippen molar-refractivity contribution in [3.8, 4) is 17.0 Å². The predicted octanol–water partition coefficient (Wildman–Crippen LogP) is 3.94. The summed E-state index contributed by atoms with van der Waals surface area (Å²) in [5.74, 6) is -1.73. The Morgan fingerprint density at radius 2 is 1.96 bits per heavy atom. The van der Waals surface area contributed by atoms with Gasteiger partial charge in [-0.25, -0.2) is 4.79 Å². The second-order valence-electron chi connectivity index (χ2n) is 6.26. The lowest BCUT2D eigenvalue weighted by atomic mass is 9.97. The van der Waals surface area contributed by atoms with Crippen LogP contribution in [-0.2, 0) is 6.42 Å². The van der Waals surface area contributed by atoms with Crippen molar-refractivity contribution in [3.05, 3.63) is 51.3 Å². The summed E-state index contributed by atoms with van der Waals surface area (Å²) in [6, 6.07) is 3.91. The highest BCUT2D eigenvalue weighted by Gasteiger charge is 2.32. The Kier molecular flexibility index (Phi) is 6.37. The fraction of sp³-hybridized carbons (Fsp3) is 0.368. The van der Waals surface area contributed by atoms with Crippen molar-refractivity contribution in [1.29, 1.82) is 0 Å². The van der Waals surface area contributed by atoms with Crippen LogP contribution in [0.2, 0.25) is 0 Å². The fourth-order valence-electron chi connectivity index (χ4n) is 2.89. The predicted molar refractivity (Wildman–Crippen MR) is 98.4 cm³/mol. The summed E-state index contributed by atoms with van der Waals surface area (Å²) in [7, 11) is 1.50. The molecule has 1 aromatic heterocycles. The maximum atomic E-state index is 12.9. The topological polar surface area (TPSA) is 80.6 Å². The highest BCUT2D eigenvalue weighted by atomic mass is 19.4. The first kappa shape index (κ1) is 21.3. The molecule has 0 aliphatic rings. The fourth-order valence-corrected chi connectivity index (χ4v) is 2.89. The van der Waals surface area contributed by atoms with Crippen LogP contribution in [0.4, 0.5) is 13.2 Å². The Labute approximate surface area is 159 Å². The number of unbranched alkanes of at least 4 members (excludes halogenated alkanes) is 1. The molecule has 2 rings (SSSR count). The molecule has 1 aromatic carbocycles. The van der Waals surface area contributed by atoms with Crippen LogP contribution in [0.15, 0.2) is 29.2 Å². The van der Waals surface area contributed by atoms with E-state index in [4.69, 9.17) is 5.11 Å². The largest absolute Gasteiger partial charge is 0.573 e. The van der Waals surface area contributed by atoms with E-state index in [9.17, 15) is 22.8 Å². The van der Waals surface area contributed by atoms with Crippen LogP contribution in [-0.4, -0.2) is 29.2 Å². The lowest BCUT2D eigenvalue weighted by Gasteiger charge is -2.19. The number of aromatic nitrogens is 1. The van der Waals surface area contributed by atoms with Crippen molar-refractivity contribution in [3.63, 3.8) is 0 Å². The van der Waals surface area contributed by atoms with Gasteiger partial charge in [-0.1, -0.05) is 19.4 Å². The molecule has 28 heavy (non-hydrogen) atoms. The molecule has 0 atom stereocenters. The number of carboxylic acid groups (broad SMARTS) is 1. The maximum absolute atomic E-state index is 12.9. The van der Waals surface area contributed by atoms with E-state index >= 15 is 0 Å². The first-order valence-corrected chi connectivity index (χ1v) is 8.64. The number of hydrogen-bond donors (Lipinski definition) is 2. The summed E-state index contributed by atoms with van der Waals surface area (Å²) in [5, 5.41) is 9.11. The summed E-state index contributed by atoms with van der Waals surface area (Å²) >= 11 is 0. The highest BCUT2D eigenvalue weighted by molar-refractivity contribution is 5.87. The molecular formula is C19H21F3N2O4. The average Bonchev–Trinajstić information content (AvgIpc) is 2.60. The Morgan fingerprint density at radius 1 is 1.29 bits per heavy atom. The second kappa shape index (κ2) is 8.37. The number of benzene rings is 1. The quantitative estimate of drug-likeness (QED) is 0.739. The van der Waals surface area contributed by atoms with Crippen LogP contribution in [0.3, 0.4) is 0 Å². The molecule has 2 aromatic rings. The van der Waals surface area contributed by atoms with E-state index in [2.05, 4.69) is 10.2 Å². The minimum absolute atomic E-state index is 0.226. The Balaban J connectivity index is 2.68. The number of nitrogens with one attached hydrogen (secondary N) is 1. The van der Waals surface area contributed by atoms with Crippen LogP contribution >= 0.6 is 0 Å². The van der Waals surface area contributed by atoms with Gasteiger partial charge in [0.25, 0.3) is 0 Å². The van der Waals surface area contributed by atoms with Crippen molar-refractivity contribution >= 4 is 5.97 Å². The van der Waals surface area contributed by atoms with Crippen molar-refractivity contribution in [2.45, 2.75) is 39.5 Å². The lowest BCUT2D eigenvalue weighted by Crippen LogP contribution is -2.22. The number of hydrogen-bond acceptors (Lipinski definition) is 4. The van der Waals surface area contributed by atoms with Crippen molar-refractivity contribution in [1.82, 2.24) is 4.68 Å². The van der Waals surface area contributed by atoms with Gasteiger partial charge in [0.05, 0.1) is 5.69 Å². The molecule has 6 nitrogen and oxygen atoms in total. The molecule has 9 heteroatoms. The molecule has 0 aliphatic carbocycles. The molecule has 0 saturated heterocycles. The minimum Gasteiger partial charge on any atom is -0.477 e. The summed E-state index contributed by atoms with van der Waals surface area (Å²) in [6.07, 6.45) is -1.85. The van der Waals surface area contributed by atoms with E-state index in [1.807, 2.05) is 6.92 Å². The maximum Gasteiger partial charge on any atom is 0.573 e. The number of ether oxygens (including phenoxy) is 1. The Hall–Kier alpha value is -2.97. The van der Waals surface area contributed by atoms with Gasteiger partial charge in [-0.05, 0) is 37.0 Å². The number of aromatic carboxylic acids is 1. The van der Waals surface area contributed by atoms with Gasteiger partial charge in [-0.3, -0.25) is 9.47 Å². The summed E-state index contributed by atoms with van der Waals surface area (Å²) < 4.78 is 44.1. The van der Waals surface area contributed by atoms with E-state index in [1.165, 1.54) is 17.8 Å².